The van der Waals surface area contributed by atoms with Gasteiger partial charge in [-0.15, -0.1) is 0 Å². The lowest BCUT2D eigenvalue weighted by molar-refractivity contribution is -0.202. The quantitative estimate of drug-likeness (QED) is 0.0354. The molecule has 3 fully saturated rings. The lowest BCUT2D eigenvalue weighted by Crippen LogP contribution is -2.59. The molecular weight excluding hydrogens is 1190 g/mol. The summed E-state index contributed by atoms with van der Waals surface area (Å²) in [5.41, 5.74) is 12.3. The normalized spacial score (nSPS) is 33.4. The van der Waals surface area contributed by atoms with E-state index in [0.717, 1.165) is 57.8 Å². The minimum Gasteiger partial charge on any atom is -0.483 e. The Bertz CT molecular complexity index is 4270. The molecule has 17 rings (SSSR count). The van der Waals surface area contributed by atoms with Crippen LogP contribution in [0.4, 0.5) is 0 Å². The van der Waals surface area contributed by atoms with E-state index in [9.17, 15) is 25.2 Å². The number of esters is 2. The predicted molar refractivity (Wildman–Crippen MR) is 363 cm³/mol. The van der Waals surface area contributed by atoms with Crippen LogP contribution in [-0.2, 0) is 42.2 Å². The van der Waals surface area contributed by atoms with Crippen LogP contribution in [0.25, 0.3) is 23.1 Å². The maximum Gasteiger partial charge on any atom is 0.340 e. The first-order chi connectivity index (χ1) is 46.4. The summed E-state index contributed by atoms with van der Waals surface area (Å²) < 4.78 is 34.5. The van der Waals surface area contributed by atoms with E-state index in [1.807, 2.05) is 13.0 Å². The molecule has 0 saturated heterocycles. The second-order valence-corrected chi connectivity index (χ2v) is 30.7. The van der Waals surface area contributed by atoms with E-state index in [2.05, 4.69) is 128 Å². The molecule has 95 heavy (non-hydrogen) atoms. The Labute approximate surface area is 556 Å². The van der Waals surface area contributed by atoms with Gasteiger partial charge < -0.3 is 43.8 Å². The molecular formula is C83H88O12. The Morgan fingerprint density at radius 2 is 1.57 bits per heavy atom. The minimum absolute atomic E-state index is 0.00319. The van der Waals surface area contributed by atoms with Crippen molar-refractivity contribution in [2.45, 2.75) is 182 Å². The van der Waals surface area contributed by atoms with Crippen LogP contribution in [0.2, 0.25) is 0 Å². The van der Waals surface area contributed by atoms with Crippen molar-refractivity contribution in [1.29, 1.82) is 0 Å². The highest BCUT2D eigenvalue weighted by Gasteiger charge is 2.64. The Morgan fingerprint density at radius 3 is 2.40 bits per heavy atom. The van der Waals surface area contributed by atoms with Crippen LogP contribution in [0.1, 0.15) is 224 Å². The van der Waals surface area contributed by atoms with Crippen LogP contribution in [-0.4, -0.2) is 70.7 Å². The molecule has 492 valence electrons. The molecule has 12 heteroatoms. The third-order valence-corrected chi connectivity index (χ3v) is 26.6. The van der Waals surface area contributed by atoms with Gasteiger partial charge in [0.15, 0.2) is 17.8 Å². The number of benzene rings is 5. The zero-order chi connectivity index (χ0) is 64.6. The van der Waals surface area contributed by atoms with Crippen molar-refractivity contribution in [2.75, 3.05) is 26.6 Å². The van der Waals surface area contributed by atoms with E-state index in [-0.39, 0.29) is 119 Å². The average molecular weight is 1280 g/mol. The lowest BCUT2D eigenvalue weighted by atomic mass is 9.48. The van der Waals surface area contributed by atoms with Crippen LogP contribution in [0, 0.1) is 40.9 Å². The fourth-order valence-corrected chi connectivity index (χ4v) is 22.5. The van der Waals surface area contributed by atoms with Gasteiger partial charge in [0, 0.05) is 58.6 Å². The average Bonchev–Trinajstić information content (AvgIpc) is 1.53. The first-order valence-electron chi connectivity index (χ1n) is 35.8. The van der Waals surface area contributed by atoms with Crippen LogP contribution in [0.3, 0.4) is 0 Å². The topological polar surface area (TPSA) is 182 Å². The first-order valence-corrected chi connectivity index (χ1v) is 35.8. The molecule has 3 aliphatic heterocycles. The monoisotopic (exact) mass is 1280 g/mol. The second kappa shape index (κ2) is 23.8. The van der Waals surface area contributed by atoms with Gasteiger partial charge in [-0.05, 0) is 223 Å². The highest BCUT2D eigenvalue weighted by atomic mass is 16.6. The highest BCUT2D eigenvalue weighted by molar-refractivity contribution is 5.91. The maximum absolute atomic E-state index is 16.3. The highest BCUT2D eigenvalue weighted by Crippen LogP contribution is 2.67. The summed E-state index contributed by atoms with van der Waals surface area (Å²) in [4.78, 5) is 47.5. The number of carbonyl (C=O) groups is 2. The predicted octanol–water partition coefficient (Wildman–Crippen LogP) is 14.9. The molecule has 12 nitrogen and oxygen atoms in total. The van der Waals surface area contributed by atoms with Gasteiger partial charge in [0.1, 0.15) is 18.1 Å². The summed E-state index contributed by atoms with van der Waals surface area (Å²) >= 11 is 0. The van der Waals surface area contributed by atoms with Crippen molar-refractivity contribution in [1.82, 2.24) is 0 Å². The number of fused-ring (bicyclic) bond motifs is 13. The van der Waals surface area contributed by atoms with Crippen molar-refractivity contribution in [3.8, 4) is 5.75 Å². The third-order valence-electron chi connectivity index (χ3n) is 26.6. The van der Waals surface area contributed by atoms with Crippen molar-refractivity contribution in [3.05, 3.63) is 215 Å². The summed E-state index contributed by atoms with van der Waals surface area (Å²) in [6, 6.07) is 35.7. The van der Waals surface area contributed by atoms with Gasteiger partial charge in [-0.3, -0.25) is 4.79 Å². The Hall–Kier alpha value is -7.19. The number of hydrogen-bond acceptors (Lipinski definition) is 12. The zero-order valence-electron chi connectivity index (χ0n) is 54.7. The van der Waals surface area contributed by atoms with Gasteiger partial charge in [-0.1, -0.05) is 141 Å². The number of aliphatic hydroxyl groups is 4. The third kappa shape index (κ3) is 9.47. The maximum atomic E-state index is 16.3. The van der Waals surface area contributed by atoms with Crippen LogP contribution >= 0.6 is 0 Å². The number of aliphatic hydroxyl groups excluding tert-OH is 4. The second-order valence-electron chi connectivity index (χ2n) is 30.7. The molecule has 1 aromatic heterocycles. The molecule has 8 aliphatic carbocycles. The molecule has 3 saturated carbocycles. The minimum atomic E-state index is -1.41. The Balaban J connectivity index is 0.886. The molecule has 4 heterocycles. The van der Waals surface area contributed by atoms with Gasteiger partial charge in [-0.2, -0.15) is 0 Å². The van der Waals surface area contributed by atoms with E-state index < -0.39 is 54.7 Å². The number of rotatable bonds is 9. The number of carbonyl (C=O) groups excluding carboxylic acids is 2. The number of ether oxygens (including phenoxy) is 4. The zero-order valence-corrected chi connectivity index (χ0v) is 54.7. The number of allylic oxidation sites excluding steroid dienone is 4. The van der Waals surface area contributed by atoms with Crippen molar-refractivity contribution in [3.63, 3.8) is 0 Å². The van der Waals surface area contributed by atoms with Gasteiger partial charge in [0.2, 0.25) is 0 Å². The van der Waals surface area contributed by atoms with Gasteiger partial charge in [0.05, 0.1) is 25.4 Å². The molecule has 7 bridgehead atoms. The van der Waals surface area contributed by atoms with E-state index in [1.165, 1.54) is 68.5 Å². The smallest absolute Gasteiger partial charge is 0.340 e. The van der Waals surface area contributed by atoms with Crippen LogP contribution < -0.4 is 10.4 Å². The van der Waals surface area contributed by atoms with Crippen molar-refractivity contribution >= 4 is 35.1 Å². The molecule has 0 amide bonds. The van der Waals surface area contributed by atoms with E-state index >= 15 is 9.59 Å². The fourth-order valence-electron chi connectivity index (χ4n) is 22.5. The van der Waals surface area contributed by atoms with Crippen LogP contribution in [0.15, 0.2) is 142 Å². The summed E-state index contributed by atoms with van der Waals surface area (Å²) in [6.45, 7) is 1.85. The van der Waals surface area contributed by atoms with Gasteiger partial charge >= 0.3 is 17.6 Å². The number of hydrogen-bond donors (Lipinski definition) is 4. The largest absolute Gasteiger partial charge is 0.483 e. The molecule has 16 unspecified atom stereocenters. The summed E-state index contributed by atoms with van der Waals surface area (Å²) in [5.74, 6) is -1.09. The van der Waals surface area contributed by atoms with Crippen molar-refractivity contribution in [2.24, 2.45) is 40.9 Å². The molecule has 6 aromatic rings. The lowest BCUT2D eigenvalue weighted by Gasteiger charge is -2.55. The van der Waals surface area contributed by atoms with E-state index in [1.54, 1.807) is 6.07 Å². The van der Waals surface area contributed by atoms with Gasteiger partial charge in [0.25, 0.3) is 0 Å². The molecule has 16 atom stereocenters. The fraction of sp³-hybridized carbons (Fsp3) is 0.482. The standard InChI is InChI=1S/C83H88O12/c1-46(42-85)63-39-71-61-27-22-50-36-64(61)53(41-82(71)32-7-8-33-82)37-66-59-26-20-47-11-3-5-15-57(47)65(59)40-70(66)81(2)78(94-79(63)89)77(75-72(95-81)30-29-62-67(43-86)74(80(90)93-76(62)75)51(31-34-84)44-91-45-87)92-73(88)38-52-35-49(21-25-56(50)52)58-16-10-18-69-60(58)28-24-55-14-9-13-54-23-19-48-12-4-6-17-68(48)83(54,55)69/h3-6,10-12,15-23,25-27,29-30,36,49,51-56,59,65-66,70-71,77-78,84-87H,7-9,13-14,24,28,31-35,37-45H2,1-2H3. The van der Waals surface area contributed by atoms with Crippen molar-refractivity contribution < 1.29 is 53.4 Å². The Morgan fingerprint density at radius 1 is 0.758 bits per heavy atom. The molecule has 0 radical (unpaired) electrons. The molecule has 5 aromatic carbocycles. The summed E-state index contributed by atoms with van der Waals surface area (Å²) in [6.07, 6.45) is 25.4. The summed E-state index contributed by atoms with van der Waals surface area (Å²) in [5, 5.41) is 43.2. The van der Waals surface area contributed by atoms with Gasteiger partial charge in [-0.25, -0.2) is 9.59 Å². The summed E-state index contributed by atoms with van der Waals surface area (Å²) in [7, 11) is 0. The first kappa shape index (κ1) is 61.4. The SMILES string of the molecule is CC(CO)=C1CC2c3ccc4cc3C(CC3C5C=Cc6ccccc6C5CC3C3(C)Oc5ccc6c(CO)c(C(CCO)COCO)c(=O)oc6c5C(OC(=O)CC5CC(c6cccc7c6CCC6CCCC8C=Cc9ccccc9C786)C=CC45)C3OC1=O)CC21CCCC1. The van der Waals surface area contributed by atoms with E-state index in [4.69, 9.17) is 23.4 Å². The van der Waals surface area contributed by atoms with Crippen LogP contribution in [0.5, 0.6) is 5.75 Å². The van der Waals surface area contributed by atoms with E-state index in [0.29, 0.717) is 53.4 Å². The molecule has 11 aliphatic rings. The molecule has 2 spiro atoms. The molecule has 4 N–H and O–H groups in total. The Kier molecular flexibility index (Phi) is 15.4.